The van der Waals surface area contributed by atoms with Crippen LogP contribution in [-0.4, -0.2) is 20.6 Å². The lowest BCUT2D eigenvalue weighted by molar-refractivity contribution is -0.137. The fourth-order valence-electron chi connectivity index (χ4n) is 1.89. The summed E-state index contributed by atoms with van der Waals surface area (Å²) < 4.78 is 2.07. The third-order valence-electron chi connectivity index (χ3n) is 2.61. The van der Waals surface area contributed by atoms with Gasteiger partial charge >= 0.3 is 5.97 Å². The van der Waals surface area contributed by atoms with Crippen LogP contribution in [0.25, 0.3) is 11.0 Å². The first-order valence-corrected chi connectivity index (χ1v) is 5.38. The Balaban J connectivity index is 0.00000144. The van der Waals surface area contributed by atoms with Crippen molar-refractivity contribution in [3.8, 4) is 0 Å². The Labute approximate surface area is 106 Å². The van der Waals surface area contributed by atoms with Gasteiger partial charge in [0.1, 0.15) is 5.82 Å². The molecule has 1 aromatic heterocycles. The van der Waals surface area contributed by atoms with E-state index in [4.69, 9.17) is 5.11 Å². The second-order valence-corrected chi connectivity index (χ2v) is 3.65. The molecule has 0 saturated carbocycles. The summed E-state index contributed by atoms with van der Waals surface area (Å²) in [5, 5.41) is 8.68. The molecule has 0 radical (unpaired) electrons. The lowest BCUT2D eigenvalue weighted by Crippen LogP contribution is -2.05. The van der Waals surface area contributed by atoms with Crippen LogP contribution in [0.3, 0.4) is 0 Å². The average molecular weight is 255 g/mol. The summed E-state index contributed by atoms with van der Waals surface area (Å²) in [4.78, 5) is 15.0. The monoisotopic (exact) mass is 254 g/mol. The first kappa shape index (κ1) is 13.5. The minimum absolute atomic E-state index is 0. The van der Waals surface area contributed by atoms with Crippen LogP contribution in [-0.2, 0) is 17.8 Å². The molecule has 17 heavy (non-hydrogen) atoms. The SMILES string of the molecule is CCn1c(CCC(=O)O)nc2ccccc21.Cl. The lowest BCUT2D eigenvalue weighted by atomic mass is 10.3. The van der Waals surface area contributed by atoms with Crippen molar-refractivity contribution in [3.05, 3.63) is 30.1 Å². The summed E-state index contributed by atoms with van der Waals surface area (Å²) in [5.41, 5.74) is 2.01. The van der Waals surface area contributed by atoms with E-state index in [1.165, 1.54) is 0 Å². The number of hydrogen-bond donors (Lipinski definition) is 1. The number of hydrogen-bond acceptors (Lipinski definition) is 2. The number of para-hydroxylation sites is 2. The molecule has 5 heteroatoms. The van der Waals surface area contributed by atoms with Gasteiger partial charge in [0.15, 0.2) is 0 Å². The van der Waals surface area contributed by atoms with Gasteiger partial charge in [0, 0.05) is 13.0 Å². The van der Waals surface area contributed by atoms with E-state index in [0.717, 1.165) is 23.4 Å². The summed E-state index contributed by atoms with van der Waals surface area (Å²) in [6.45, 7) is 2.86. The summed E-state index contributed by atoms with van der Waals surface area (Å²) in [5.74, 6) is 0.0702. The molecule has 0 aliphatic carbocycles. The van der Waals surface area contributed by atoms with Crippen LogP contribution in [0.15, 0.2) is 24.3 Å². The van der Waals surface area contributed by atoms with E-state index >= 15 is 0 Å². The Morgan fingerprint density at radius 3 is 2.76 bits per heavy atom. The molecule has 1 aromatic carbocycles. The summed E-state index contributed by atoms with van der Waals surface area (Å²) >= 11 is 0. The highest BCUT2D eigenvalue weighted by Crippen LogP contribution is 2.16. The molecule has 2 rings (SSSR count). The zero-order valence-electron chi connectivity index (χ0n) is 9.59. The lowest BCUT2D eigenvalue weighted by Gasteiger charge is -2.04. The molecule has 0 aliphatic rings. The van der Waals surface area contributed by atoms with Gasteiger partial charge in [-0.2, -0.15) is 0 Å². The highest BCUT2D eigenvalue weighted by molar-refractivity contribution is 5.85. The molecule has 0 unspecified atom stereocenters. The van der Waals surface area contributed by atoms with Gasteiger partial charge in [0.25, 0.3) is 0 Å². The van der Waals surface area contributed by atoms with E-state index in [1.54, 1.807) is 0 Å². The van der Waals surface area contributed by atoms with E-state index in [0.29, 0.717) is 6.42 Å². The van der Waals surface area contributed by atoms with Crippen LogP contribution in [0.5, 0.6) is 0 Å². The maximum absolute atomic E-state index is 10.6. The first-order chi connectivity index (χ1) is 7.72. The van der Waals surface area contributed by atoms with Crippen LogP contribution < -0.4 is 0 Å². The highest BCUT2D eigenvalue weighted by atomic mass is 35.5. The molecule has 0 atom stereocenters. The summed E-state index contributed by atoms with van der Waals surface area (Å²) in [7, 11) is 0. The highest BCUT2D eigenvalue weighted by Gasteiger charge is 2.09. The summed E-state index contributed by atoms with van der Waals surface area (Å²) in [6.07, 6.45) is 0.612. The number of aryl methyl sites for hydroxylation is 2. The van der Waals surface area contributed by atoms with E-state index in [9.17, 15) is 4.79 Å². The van der Waals surface area contributed by atoms with E-state index < -0.39 is 5.97 Å². The van der Waals surface area contributed by atoms with Crippen molar-refractivity contribution in [2.24, 2.45) is 0 Å². The second-order valence-electron chi connectivity index (χ2n) is 3.65. The van der Waals surface area contributed by atoms with Gasteiger partial charge in [-0.25, -0.2) is 4.98 Å². The average Bonchev–Trinajstić information content (AvgIpc) is 2.63. The van der Waals surface area contributed by atoms with Crippen molar-refractivity contribution >= 4 is 29.4 Å². The normalized spacial score (nSPS) is 10.2. The molecule has 1 heterocycles. The molecule has 2 aromatic rings. The van der Waals surface area contributed by atoms with E-state index in [2.05, 4.69) is 9.55 Å². The quantitative estimate of drug-likeness (QED) is 0.912. The largest absolute Gasteiger partial charge is 0.481 e. The van der Waals surface area contributed by atoms with E-state index in [-0.39, 0.29) is 18.8 Å². The zero-order chi connectivity index (χ0) is 11.5. The molecule has 0 amide bonds. The number of halogens is 1. The number of carboxylic acid groups (broad SMARTS) is 1. The third kappa shape index (κ3) is 2.77. The Morgan fingerprint density at radius 2 is 2.12 bits per heavy atom. The first-order valence-electron chi connectivity index (χ1n) is 5.38. The molecule has 0 bridgehead atoms. The number of fused-ring (bicyclic) bond motifs is 1. The zero-order valence-corrected chi connectivity index (χ0v) is 10.4. The van der Waals surface area contributed by atoms with Gasteiger partial charge in [0.2, 0.25) is 0 Å². The molecule has 0 fully saturated rings. The standard InChI is InChI=1S/C12H14N2O2.ClH/c1-2-14-10-6-4-3-5-9(10)13-11(14)7-8-12(15)16;/h3-6H,2,7-8H2,1H3,(H,15,16);1H. The maximum Gasteiger partial charge on any atom is 0.303 e. The van der Waals surface area contributed by atoms with E-state index in [1.807, 2.05) is 31.2 Å². The van der Waals surface area contributed by atoms with Crippen LogP contribution in [0.1, 0.15) is 19.2 Å². The Bertz CT molecular complexity index is 522. The number of rotatable bonds is 4. The predicted octanol–water partition coefficient (Wildman–Crippen LogP) is 2.50. The number of nitrogens with zero attached hydrogens (tertiary/aromatic N) is 2. The van der Waals surface area contributed by atoms with Gasteiger partial charge < -0.3 is 9.67 Å². The molecular weight excluding hydrogens is 240 g/mol. The van der Waals surface area contributed by atoms with Gasteiger partial charge in [-0.05, 0) is 19.1 Å². The van der Waals surface area contributed by atoms with Gasteiger partial charge in [-0.3, -0.25) is 4.79 Å². The van der Waals surface area contributed by atoms with Crippen molar-refractivity contribution < 1.29 is 9.90 Å². The molecule has 0 aliphatic heterocycles. The predicted molar refractivity (Wildman–Crippen MR) is 68.6 cm³/mol. The van der Waals surface area contributed by atoms with Crippen molar-refractivity contribution in [1.29, 1.82) is 0 Å². The minimum Gasteiger partial charge on any atom is -0.481 e. The molecular formula is C12H15ClN2O2. The maximum atomic E-state index is 10.6. The Morgan fingerprint density at radius 1 is 1.41 bits per heavy atom. The number of aromatic nitrogens is 2. The van der Waals surface area contributed by atoms with Crippen molar-refractivity contribution in [3.63, 3.8) is 0 Å². The summed E-state index contributed by atoms with van der Waals surface area (Å²) in [6, 6.07) is 7.87. The molecule has 4 nitrogen and oxygen atoms in total. The van der Waals surface area contributed by atoms with Crippen LogP contribution in [0.2, 0.25) is 0 Å². The Hall–Kier alpha value is -1.55. The van der Waals surface area contributed by atoms with Crippen LogP contribution >= 0.6 is 12.4 Å². The number of carboxylic acids is 1. The van der Waals surface area contributed by atoms with Gasteiger partial charge in [0.05, 0.1) is 17.5 Å². The van der Waals surface area contributed by atoms with Gasteiger partial charge in [-0.15, -0.1) is 12.4 Å². The van der Waals surface area contributed by atoms with Crippen molar-refractivity contribution in [2.45, 2.75) is 26.3 Å². The fourth-order valence-corrected chi connectivity index (χ4v) is 1.89. The molecule has 0 spiro atoms. The number of aliphatic carboxylic acids is 1. The number of imidazole rings is 1. The Kier molecular flexibility index (Phi) is 4.52. The van der Waals surface area contributed by atoms with Crippen LogP contribution in [0.4, 0.5) is 0 Å². The third-order valence-corrected chi connectivity index (χ3v) is 2.61. The van der Waals surface area contributed by atoms with Crippen molar-refractivity contribution in [1.82, 2.24) is 9.55 Å². The van der Waals surface area contributed by atoms with Crippen LogP contribution in [0, 0.1) is 0 Å². The smallest absolute Gasteiger partial charge is 0.303 e. The fraction of sp³-hybridized carbons (Fsp3) is 0.333. The molecule has 0 saturated heterocycles. The number of carbonyl (C=O) groups is 1. The second kappa shape index (κ2) is 5.68. The van der Waals surface area contributed by atoms with Crippen molar-refractivity contribution in [2.75, 3.05) is 0 Å². The number of benzene rings is 1. The van der Waals surface area contributed by atoms with Gasteiger partial charge in [-0.1, -0.05) is 12.1 Å². The molecule has 92 valence electrons. The topological polar surface area (TPSA) is 55.1 Å². The minimum atomic E-state index is -0.783. The molecule has 1 N–H and O–H groups in total.